The van der Waals surface area contributed by atoms with E-state index in [4.69, 9.17) is 0 Å². The van der Waals surface area contributed by atoms with Crippen LogP contribution in [-0.4, -0.2) is 15.6 Å². The van der Waals surface area contributed by atoms with Crippen LogP contribution in [0.4, 0.5) is 5.95 Å². The molecule has 2 aliphatic rings. The first-order valence-corrected chi connectivity index (χ1v) is 7.56. The Morgan fingerprint density at radius 2 is 1.94 bits per heavy atom. The summed E-state index contributed by atoms with van der Waals surface area (Å²) in [6.45, 7) is 4.49. The van der Waals surface area contributed by atoms with E-state index in [1.807, 2.05) is 0 Å². The number of nitrogens with one attached hydrogen (secondary N) is 1. The zero-order valence-electron chi connectivity index (χ0n) is 11.7. The smallest absolute Gasteiger partial charge is 0.203 e. The number of imidazole rings is 1. The molecular weight excluding hydrogens is 222 g/mol. The van der Waals surface area contributed by atoms with Crippen molar-refractivity contribution in [3.05, 3.63) is 11.9 Å². The minimum Gasteiger partial charge on any atom is -0.353 e. The molecule has 2 atom stereocenters. The van der Waals surface area contributed by atoms with Gasteiger partial charge in [-0.25, -0.2) is 4.98 Å². The minimum absolute atomic E-state index is 0.617. The second-order valence-corrected chi connectivity index (χ2v) is 6.21. The Hall–Kier alpha value is -0.990. The zero-order valence-corrected chi connectivity index (χ0v) is 11.7. The second-order valence-electron chi connectivity index (χ2n) is 6.21. The van der Waals surface area contributed by atoms with Gasteiger partial charge in [-0.1, -0.05) is 26.2 Å². The molecule has 1 aromatic heterocycles. The number of aryl methyl sites for hydroxylation is 1. The van der Waals surface area contributed by atoms with E-state index in [0.29, 0.717) is 6.04 Å². The van der Waals surface area contributed by atoms with Gasteiger partial charge in [0.15, 0.2) is 0 Å². The lowest BCUT2D eigenvalue weighted by Crippen LogP contribution is -2.27. The second kappa shape index (κ2) is 4.94. The highest BCUT2D eigenvalue weighted by atomic mass is 15.2. The maximum atomic E-state index is 4.68. The molecule has 2 aliphatic carbocycles. The molecule has 2 fully saturated rings. The van der Waals surface area contributed by atoms with Gasteiger partial charge in [0.1, 0.15) is 0 Å². The molecule has 0 amide bonds. The molecule has 0 saturated heterocycles. The number of anilines is 1. The maximum absolute atomic E-state index is 4.68. The van der Waals surface area contributed by atoms with Gasteiger partial charge in [-0.15, -0.1) is 0 Å². The standard InChI is InChI=1S/C15H25N3/c1-11-6-4-3-5-7-14(11)17-15-16-12(2)10-18(15)13-8-9-13/h10-11,13-14H,3-9H2,1-2H3,(H,16,17). The fraction of sp³-hybridized carbons (Fsp3) is 0.800. The highest BCUT2D eigenvalue weighted by Crippen LogP contribution is 2.38. The van der Waals surface area contributed by atoms with Crippen molar-refractivity contribution in [3.63, 3.8) is 0 Å². The Labute approximate surface area is 110 Å². The van der Waals surface area contributed by atoms with Crippen LogP contribution in [0.1, 0.15) is 63.6 Å². The van der Waals surface area contributed by atoms with Gasteiger partial charge in [-0.3, -0.25) is 0 Å². The van der Waals surface area contributed by atoms with Gasteiger partial charge in [0.2, 0.25) is 5.95 Å². The number of hydrogen-bond acceptors (Lipinski definition) is 2. The molecule has 100 valence electrons. The van der Waals surface area contributed by atoms with E-state index >= 15 is 0 Å². The summed E-state index contributed by atoms with van der Waals surface area (Å²) in [4.78, 5) is 4.68. The van der Waals surface area contributed by atoms with E-state index in [0.717, 1.165) is 23.6 Å². The van der Waals surface area contributed by atoms with Crippen molar-refractivity contribution in [2.45, 2.75) is 70.9 Å². The third-order valence-corrected chi connectivity index (χ3v) is 4.47. The van der Waals surface area contributed by atoms with Gasteiger partial charge >= 0.3 is 0 Å². The van der Waals surface area contributed by atoms with Crippen LogP contribution in [-0.2, 0) is 0 Å². The summed E-state index contributed by atoms with van der Waals surface area (Å²) >= 11 is 0. The fourth-order valence-electron chi connectivity index (χ4n) is 3.13. The Kier molecular flexibility index (Phi) is 3.31. The largest absolute Gasteiger partial charge is 0.353 e. The van der Waals surface area contributed by atoms with Gasteiger partial charge in [0, 0.05) is 18.3 Å². The lowest BCUT2D eigenvalue weighted by molar-refractivity contribution is 0.452. The van der Waals surface area contributed by atoms with Crippen LogP contribution in [0.3, 0.4) is 0 Å². The quantitative estimate of drug-likeness (QED) is 0.821. The van der Waals surface area contributed by atoms with E-state index in [9.17, 15) is 0 Å². The molecular formula is C15H25N3. The summed E-state index contributed by atoms with van der Waals surface area (Å²) < 4.78 is 2.37. The lowest BCUT2D eigenvalue weighted by atomic mass is 9.97. The summed E-state index contributed by atoms with van der Waals surface area (Å²) in [5.41, 5.74) is 1.14. The molecule has 0 aliphatic heterocycles. The Bertz CT molecular complexity index is 406. The maximum Gasteiger partial charge on any atom is 0.203 e. The van der Waals surface area contributed by atoms with Crippen molar-refractivity contribution in [3.8, 4) is 0 Å². The van der Waals surface area contributed by atoms with E-state index < -0.39 is 0 Å². The average Bonchev–Trinajstić information content (AvgIpc) is 3.12. The molecule has 0 spiro atoms. The van der Waals surface area contributed by atoms with E-state index in [1.54, 1.807) is 0 Å². The highest BCUT2D eigenvalue weighted by Gasteiger charge is 2.28. The number of aromatic nitrogens is 2. The average molecular weight is 247 g/mol. The van der Waals surface area contributed by atoms with Crippen LogP contribution in [0.2, 0.25) is 0 Å². The number of nitrogens with zero attached hydrogens (tertiary/aromatic N) is 2. The molecule has 1 N–H and O–H groups in total. The van der Waals surface area contributed by atoms with Crippen molar-refractivity contribution in [1.82, 2.24) is 9.55 Å². The minimum atomic E-state index is 0.617. The molecule has 3 heteroatoms. The van der Waals surface area contributed by atoms with Gasteiger partial charge in [-0.2, -0.15) is 0 Å². The molecule has 2 unspecified atom stereocenters. The van der Waals surface area contributed by atoms with E-state index in [1.165, 1.54) is 44.9 Å². The van der Waals surface area contributed by atoms with Crippen molar-refractivity contribution in [2.24, 2.45) is 5.92 Å². The topological polar surface area (TPSA) is 29.9 Å². The molecule has 2 saturated carbocycles. The van der Waals surface area contributed by atoms with Crippen molar-refractivity contribution in [2.75, 3.05) is 5.32 Å². The first kappa shape index (κ1) is 12.1. The fourth-order valence-corrected chi connectivity index (χ4v) is 3.13. The van der Waals surface area contributed by atoms with Crippen LogP contribution >= 0.6 is 0 Å². The summed E-state index contributed by atoms with van der Waals surface area (Å²) in [5.74, 6) is 1.89. The van der Waals surface area contributed by atoms with Crippen LogP contribution in [0.25, 0.3) is 0 Å². The number of hydrogen-bond donors (Lipinski definition) is 1. The van der Waals surface area contributed by atoms with Gasteiger partial charge in [0.05, 0.1) is 5.69 Å². The molecule has 18 heavy (non-hydrogen) atoms. The van der Waals surface area contributed by atoms with Crippen LogP contribution in [0.5, 0.6) is 0 Å². The van der Waals surface area contributed by atoms with Crippen LogP contribution in [0, 0.1) is 12.8 Å². The van der Waals surface area contributed by atoms with Gasteiger partial charge < -0.3 is 9.88 Å². The van der Waals surface area contributed by atoms with Crippen molar-refractivity contribution in [1.29, 1.82) is 0 Å². The SMILES string of the molecule is Cc1cn(C2CC2)c(NC2CCCCCC2C)n1. The van der Waals surface area contributed by atoms with Crippen molar-refractivity contribution < 1.29 is 0 Å². The molecule has 3 nitrogen and oxygen atoms in total. The molecule has 0 bridgehead atoms. The summed E-state index contributed by atoms with van der Waals surface area (Å²) in [7, 11) is 0. The lowest BCUT2D eigenvalue weighted by Gasteiger charge is -2.23. The Morgan fingerprint density at radius 3 is 2.72 bits per heavy atom. The normalized spacial score (nSPS) is 29.0. The number of rotatable bonds is 3. The highest BCUT2D eigenvalue weighted by molar-refractivity contribution is 5.32. The predicted molar refractivity (Wildman–Crippen MR) is 74.9 cm³/mol. The molecule has 3 rings (SSSR count). The van der Waals surface area contributed by atoms with E-state index in [-0.39, 0.29) is 0 Å². The summed E-state index contributed by atoms with van der Waals surface area (Å²) in [6.07, 6.45) is 11.7. The molecule has 0 aromatic carbocycles. The monoisotopic (exact) mass is 247 g/mol. The first-order valence-electron chi connectivity index (χ1n) is 7.56. The molecule has 1 aromatic rings. The Balaban J connectivity index is 1.74. The predicted octanol–water partition coefficient (Wildman–Crippen LogP) is 3.91. The summed E-state index contributed by atoms with van der Waals surface area (Å²) in [6, 6.07) is 1.33. The molecule has 1 heterocycles. The molecule has 0 radical (unpaired) electrons. The van der Waals surface area contributed by atoms with Crippen LogP contribution < -0.4 is 5.32 Å². The van der Waals surface area contributed by atoms with Gasteiger partial charge in [0.25, 0.3) is 0 Å². The Morgan fingerprint density at radius 1 is 1.17 bits per heavy atom. The van der Waals surface area contributed by atoms with Crippen LogP contribution in [0.15, 0.2) is 6.20 Å². The van der Waals surface area contributed by atoms with E-state index in [2.05, 4.69) is 34.9 Å². The zero-order chi connectivity index (χ0) is 12.5. The summed E-state index contributed by atoms with van der Waals surface area (Å²) in [5, 5.41) is 3.73. The van der Waals surface area contributed by atoms with Crippen molar-refractivity contribution >= 4 is 5.95 Å². The first-order chi connectivity index (χ1) is 8.74. The third kappa shape index (κ3) is 2.55. The van der Waals surface area contributed by atoms with Gasteiger partial charge in [-0.05, 0) is 38.5 Å². The third-order valence-electron chi connectivity index (χ3n) is 4.47.